The molecule has 1 aromatic heterocycles. The maximum Gasteiger partial charge on any atom is 0.136 e. The van der Waals surface area contributed by atoms with E-state index in [0.29, 0.717) is 11.1 Å². The Bertz CT molecular complexity index is 295. The third-order valence-corrected chi connectivity index (χ3v) is 2.74. The molecule has 64 valence electrons. The Kier molecular flexibility index (Phi) is 2.01. The zero-order chi connectivity index (χ0) is 8.55. The maximum atomic E-state index is 5.99. The molecule has 0 atom stereocenters. The van der Waals surface area contributed by atoms with E-state index in [1.165, 1.54) is 19.3 Å². The molecule has 0 unspecified atom stereocenters. The van der Waals surface area contributed by atoms with Gasteiger partial charge in [-0.05, 0) is 25.7 Å². The number of hydrogen-bond donors (Lipinski definition) is 0. The number of halogens is 1. The van der Waals surface area contributed by atoms with Crippen molar-refractivity contribution in [2.45, 2.75) is 32.1 Å². The van der Waals surface area contributed by atoms with Crippen molar-refractivity contribution in [3.63, 3.8) is 0 Å². The smallest absolute Gasteiger partial charge is 0.136 e. The number of aromatic nitrogens is 2. The lowest BCUT2D eigenvalue weighted by atomic mass is 9.81. The van der Waals surface area contributed by atoms with Crippen molar-refractivity contribution in [1.82, 2.24) is 9.97 Å². The number of rotatable bonds is 1. The Morgan fingerprint density at radius 1 is 1.50 bits per heavy atom. The molecule has 2 rings (SSSR count). The van der Waals surface area contributed by atoms with Crippen molar-refractivity contribution in [1.29, 1.82) is 0 Å². The summed E-state index contributed by atoms with van der Waals surface area (Å²) in [6, 6.07) is 0. The SMILES string of the molecule is Cc1ncc(C2CCC2)c(Cl)n1. The quantitative estimate of drug-likeness (QED) is 0.625. The second-order valence-corrected chi connectivity index (χ2v) is 3.65. The van der Waals surface area contributed by atoms with Crippen LogP contribution in [0.3, 0.4) is 0 Å². The summed E-state index contributed by atoms with van der Waals surface area (Å²) < 4.78 is 0. The molecule has 2 nitrogen and oxygen atoms in total. The molecule has 0 N–H and O–H groups in total. The van der Waals surface area contributed by atoms with Crippen molar-refractivity contribution < 1.29 is 0 Å². The van der Waals surface area contributed by atoms with E-state index in [4.69, 9.17) is 11.6 Å². The molecule has 0 amide bonds. The van der Waals surface area contributed by atoms with Crippen LogP contribution in [0, 0.1) is 6.92 Å². The largest absolute Gasteiger partial charge is 0.241 e. The molecule has 1 aliphatic rings. The summed E-state index contributed by atoms with van der Waals surface area (Å²) in [6.45, 7) is 1.86. The van der Waals surface area contributed by atoms with Gasteiger partial charge in [-0.3, -0.25) is 0 Å². The first-order chi connectivity index (χ1) is 5.77. The first-order valence-corrected chi connectivity index (χ1v) is 4.64. The average Bonchev–Trinajstić information content (AvgIpc) is 1.91. The summed E-state index contributed by atoms with van der Waals surface area (Å²) in [7, 11) is 0. The van der Waals surface area contributed by atoms with Gasteiger partial charge in [0.2, 0.25) is 0 Å². The van der Waals surface area contributed by atoms with Crippen molar-refractivity contribution >= 4 is 11.6 Å². The van der Waals surface area contributed by atoms with Crippen molar-refractivity contribution in [2.75, 3.05) is 0 Å². The Balaban J connectivity index is 2.31. The van der Waals surface area contributed by atoms with E-state index in [1.54, 1.807) is 0 Å². The zero-order valence-electron chi connectivity index (χ0n) is 7.05. The van der Waals surface area contributed by atoms with Gasteiger partial charge in [-0.15, -0.1) is 0 Å². The van der Waals surface area contributed by atoms with Crippen LogP contribution < -0.4 is 0 Å². The van der Waals surface area contributed by atoms with Gasteiger partial charge in [0.05, 0.1) is 0 Å². The fourth-order valence-electron chi connectivity index (χ4n) is 1.44. The summed E-state index contributed by atoms with van der Waals surface area (Å²) in [6.07, 6.45) is 5.67. The predicted octanol–water partition coefficient (Wildman–Crippen LogP) is 2.71. The van der Waals surface area contributed by atoms with Crippen LogP contribution in [0.1, 0.15) is 36.6 Å². The van der Waals surface area contributed by atoms with Gasteiger partial charge in [-0.1, -0.05) is 18.0 Å². The average molecular weight is 183 g/mol. The highest BCUT2D eigenvalue weighted by Crippen LogP contribution is 2.38. The predicted molar refractivity (Wildman–Crippen MR) is 48.4 cm³/mol. The summed E-state index contributed by atoms with van der Waals surface area (Å²) in [5.41, 5.74) is 1.13. The minimum atomic E-state index is 0.623. The molecule has 3 heteroatoms. The molecule has 0 aromatic carbocycles. The second kappa shape index (κ2) is 3.02. The van der Waals surface area contributed by atoms with Crippen molar-refractivity contribution in [3.05, 3.63) is 22.7 Å². The Morgan fingerprint density at radius 3 is 2.75 bits per heavy atom. The van der Waals surface area contributed by atoms with Gasteiger partial charge in [-0.2, -0.15) is 0 Å². The summed E-state index contributed by atoms with van der Waals surface area (Å²) in [5.74, 6) is 1.38. The van der Waals surface area contributed by atoms with E-state index in [2.05, 4.69) is 9.97 Å². The van der Waals surface area contributed by atoms with Gasteiger partial charge in [0, 0.05) is 11.8 Å². The first-order valence-electron chi connectivity index (χ1n) is 4.26. The molecular weight excluding hydrogens is 172 g/mol. The minimum absolute atomic E-state index is 0.623. The highest BCUT2D eigenvalue weighted by Gasteiger charge is 2.22. The van der Waals surface area contributed by atoms with Gasteiger partial charge in [0.1, 0.15) is 11.0 Å². The highest BCUT2D eigenvalue weighted by atomic mass is 35.5. The lowest BCUT2D eigenvalue weighted by molar-refractivity contribution is 0.417. The highest BCUT2D eigenvalue weighted by molar-refractivity contribution is 6.30. The normalized spacial score (nSPS) is 17.5. The van der Waals surface area contributed by atoms with E-state index >= 15 is 0 Å². The third kappa shape index (κ3) is 1.31. The van der Waals surface area contributed by atoms with Gasteiger partial charge >= 0.3 is 0 Å². The van der Waals surface area contributed by atoms with E-state index in [9.17, 15) is 0 Å². The van der Waals surface area contributed by atoms with Crippen LogP contribution in [0.2, 0.25) is 5.15 Å². The topological polar surface area (TPSA) is 25.8 Å². The molecule has 1 heterocycles. The molecule has 0 spiro atoms. The van der Waals surface area contributed by atoms with Crippen molar-refractivity contribution in [3.8, 4) is 0 Å². The molecule has 1 fully saturated rings. The molecule has 0 radical (unpaired) electrons. The van der Waals surface area contributed by atoms with Crippen LogP contribution in [-0.4, -0.2) is 9.97 Å². The fraction of sp³-hybridized carbons (Fsp3) is 0.556. The molecule has 0 saturated heterocycles. The lowest BCUT2D eigenvalue weighted by Gasteiger charge is -2.25. The molecule has 12 heavy (non-hydrogen) atoms. The maximum absolute atomic E-state index is 5.99. The fourth-order valence-corrected chi connectivity index (χ4v) is 1.77. The number of hydrogen-bond acceptors (Lipinski definition) is 2. The Hall–Kier alpha value is -0.630. The Morgan fingerprint density at radius 2 is 2.25 bits per heavy atom. The van der Waals surface area contributed by atoms with Crippen LogP contribution in [0.5, 0.6) is 0 Å². The molecule has 1 saturated carbocycles. The van der Waals surface area contributed by atoms with Gasteiger partial charge < -0.3 is 0 Å². The summed E-state index contributed by atoms with van der Waals surface area (Å²) >= 11 is 5.99. The van der Waals surface area contributed by atoms with E-state index in [0.717, 1.165) is 11.4 Å². The van der Waals surface area contributed by atoms with Crippen molar-refractivity contribution in [2.24, 2.45) is 0 Å². The van der Waals surface area contributed by atoms with Crippen LogP contribution in [-0.2, 0) is 0 Å². The van der Waals surface area contributed by atoms with Crippen LogP contribution >= 0.6 is 11.6 Å². The minimum Gasteiger partial charge on any atom is -0.241 e. The summed E-state index contributed by atoms with van der Waals surface area (Å²) in [4.78, 5) is 8.28. The summed E-state index contributed by atoms with van der Waals surface area (Å²) in [5, 5.41) is 0.646. The van der Waals surface area contributed by atoms with E-state index in [-0.39, 0.29) is 0 Å². The van der Waals surface area contributed by atoms with Gasteiger partial charge in [0.25, 0.3) is 0 Å². The van der Waals surface area contributed by atoms with Gasteiger partial charge in [0.15, 0.2) is 0 Å². The molecule has 0 aliphatic heterocycles. The zero-order valence-corrected chi connectivity index (χ0v) is 7.80. The monoisotopic (exact) mass is 182 g/mol. The third-order valence-electron chi connectivity index (χ3n) is 2.43. The second-order valence-electron chi connectivity index (χ2n) is 3.29. The van der Waals surface area contributed by atoms with Crippen LogP contribution in [0.4, 0.5) is 0 Å². The van der Waals surface area contributed by atoms with Gasteiger partial charge in [-0.25, -0.2) is 9.97 Å². The van der Waals surface area contributed by atoms with E-state index < -0.39 is 0 Å². The number of nitrogens with zero attached hydrogens (tertiary/aromatic N) is 2. The molecular formula is C9H11ClN2. The molecule has 1 aliphatic carbocycles. The van der Waals surface area contributed by atoms with Crippen LogP contribution in [0.25, 0.3) is 0 Å². The molecule has 1 aromatic rings. The first kappa shape index (κ1) is 7.99. The standard InChI is InChI=1S/C9H11ClN2/c1-6-11-5-8(9(10)12-6)7-3-2-4-7/h5,7H,2-4H2,1H3. The molecule has 0 bridgehead atoms. The van der Waals surface area contributed by atoms with Crippen LogP contribution in [0.15, 0.2) is 6.20 Å². The Labute approximate surface area is 77.0 Å². The van der Waals surface area contributed by atoms with E-state index in [1.807, 2.05) is 13.1 Å². The number of aryl methyl sites for hydroxylation is 1. The lowest BCUT2D eigenvalue weighted by Crippen LogP contribution is -2.10.